The zero-order chi connectivity index (χ0) is 26.9. The van der Waals surface area contributed by atoms with Crippen LogP contribution in [0.1, 0.15) is 51.4 Å². The lowest BCUT2D eigenvalue weighted by Crippen LogP contribution is -2.43. The molecule has 0 saturated heterocycles. The third-order valence-electron chi connectivity index (χ3n) is 7.51. The Labute approximate surface area is 221 Å². The molecule has 5 N–H and O–H groups in total. The predicted octanol–water partition coefficient (Wildman–Crippen LogP) is 3.29. The zero-order valence-electron chi connectivity index (χ0n) is 22.3. The summed E-state index contributed by atoms with van der Waals surface area (Å²) in [6.45, 7) is 10.1. The van der Waals surface area contributed by atoms with Crippen LogP contribution < -0.4 is 10.6 Å². The lowest BCUT2D eigenvalue weighted by molar-refractivity contribution is -0.0843. The summed E-state index contributed by atoms with van der Waals surface area (Å²) in [5, 5.41) is 40.4. The van der Waals surface area contributed by atoms with Crippen molar-refractivity contribution in [3.63, 3.8) is 0 Å². The highest BCUT2D eigenvalue weighted by Crippen LogP contribution is 2.42. The highest BCUT2D eigenvalue weighted by Gasteiger charge is 2.50. The van der Waals surface area contributed by atoms with E-state index in [0.29, 0.717) is 37.6 Å². The van der Waals surface area contributed by atoms with Gasteiger partial charge in [0.15, 0.2) is 0 Å². The second kappa shape index (κ2) is 11.1. The third kappa shape index (κ3) is 5.42. The van der Waals surface area contributed by atoms with Crippen LogP contribution in [0.2, 0.25) is 0 Å². The normalized spacial score (nSPS) is 22.9. The number of hydrogen-bond donors (Lipinski definition) is 5. The van der Waals surface area contributed by atoms with Crippen LogP contribution in [-0.4, -0.2) is 78.9 Å². The van der Waals surface area contributed by atoms with Crippen molar-refractivity contribution in [2.24, 2.45) is 5.92 Å². The molecule has 11 heteroatoms. The quantitative estimate of drug-likeness (QED) is 0.265. The molecule has 10 nitrogen and oxygen atoms in total. The number of rotatable bonds is 10. The van der Waals surface area contributed by atoms with Crippen molar-refractivity contribution in [2.75, 3.05) is 24.4 Å². The van der Waals surface area contributed by atoms with Crippen LogP contribution in [0.25, 0.3) is 20.8 Å². The summed E-state index contributed by atoms with van der Waals surface area (Å²) >= 11 is 1.53. The number of pyridine rings is 1. The van der Waals surface area contributed by atoms with Gasteiger partial charge >= 0.3 is 0 Å². The Bertz CT molecular complexity index is 1230. The Balaban J connectivity index is 1.75. The van der Waals surface area contributed by atoms with Crippen LogP contribution in [-0.2, 0) is 4.74 Å². The van der Waals surface area contributed by atoms with E-state index in [9.17, 15) is 15.3 Å². The number of aryl methyl sites for hydroxylation is 2. The summed E-state index contributed by atoms with van der Waals surface area (Å²) in [5.74, 6) is 0.477. The van der Waals surface area contributed by atoms with Gasteiger partial charge in [0, 0.05) is 25.3 Å². The lowest BCUT2D eigenvalue weighted by Gasteiger charge is -2.34. The second-order valence-corrected chi connectivity index (χ2v) is 11.0. The van der Waals surface area contributed by atoms with Crippen molar-refractivity contribution in [1.82, 2.24) is 19.9 Å². The van der Waals surface area contributed by atoms with Crippen LogP contribution in [0, 0.1) is 19.8 Å². The maximum atomic E-state index is 11.1. The van der Waals surface area contributed by atoms with Gasteiger partial charge in [-0.05, 0) is 46.1 Å². The molecule has 3 aromatic heterocycles. The molecule has 5 atom stereocenters. The molecular weight excluding hydrogens is 492 g/mol. The summed E-state index contributed by atoms with van der Waals surface area (Å²) in [6, 6.07) is 1.40. The molecule has 1 aliphatic carbocycles. The average molecular weight is 531 g/mol. The van der Waals surface area contributed by atoms with E-state index in [0.717, 1.165) is 32.2 Å². The van der Waals surface area contributed by atoms with Crippen molar-refractivity contribution in [3.05, 3.63) is 23.7 Å². The van der Waals surface area contributed by atoms with Crippen molar-refractivity contribution >= 4 is 33.3 Å². The molecule has 1 saturated carbocycles. The number of aliphatic hydroxyl groups is 3. The molecule has 0 amide bonds. The first-order valence-electron chi connectivity index (χ1n) is 12.8. The van der Waals surface area contributed by atoms with E-state index < -0.39 is 29.8 Å². The molecule has 3 heterocycles. The van der Waals surface area contributed by atoms with E-state index in [1.807, 2.05) is 40.7 Å². The first kappa shape index (κ1) is 27.6. The van der Waals surface area contributed by atoms with Crippen LogP contribution in [0.5, 0.6) is 0 Å². The summed E-state index contributed by atoms with van der Waals surface area (Å²) in [4.78, 5) is 18.7. The number of nitrogens with one attached hydrogen (secondary N) is 2. The SMILES string of the molecule is CCC(O)(CC)[C@H]1C[C@@H](Nc2nc(N[C@H](C)COC)nc(C)c2-c2nc3c(C)nccc3s2)[C@H](O)[C@@H]1O. The Hall–Kier alpha value is -2.44. The summed E-state index contributed by atoms with van der Waals surface area (Å²) in [7, 11) is 1.64. The fourth-order valence-electron chi connectivity index (χ4n) is 5.26. The molecule has 0 spiro atoms. The monoisotopic (exact) mass is 530 g/mol. The third-order valence-corrected chi connectivity index (χ3v) is 8.54. The molecule has 0 aliphatic heterocycles. The van der Waals surface area contributed by atoms with Gasteiger partial charge in [-0.3, -0.25) is 4.98 Å². The molecule has 37 heavy (non-hydrogen) atoms. The number of thiazole rings is 1. The van der Waals surface area contributed by atoms with Gasteiger partial charge in [0.05, 0.1) is 46.0 Å². The minimum Gasteiger partial charge on any atom is -0.390 e. The molecule has 0 bridgehead atoms. The van der Waals surface area contributed by atoms with Gasteiger partial charge in [-0.15, -0.1) is 11.3 Å². The van der Waals surface area contributed by atoms with Gasteiger partial charge in [-0.2, -0.15) is 4.98 Å². The van der Waals surface area contributed by atoms with E-state index in [4.69, 9.17) is 19.7 Å². The minimum atomic E-state index is -1.07. The number of fused-ring (bicyclic) bond motifs is 1. The molecule has 1 fully saturated rings. The molecule has 0 radical (unpaired) electrons. The number of nitrogens with zero attached hydrogens (tertiary/aromatic N) is 4. The van der Waals surface area contributed by atoms with Gasteiger partial charge < -0.3 is 30.7 Å². The Morgan fingerprint density at radius 2 is 1.86 bits per heavy atom. The average Bonchev–Trinajstić information content (AvgIpc) is 3.41. The number of aliphatic hydroxyl groups excluding tert-OH is 2. The van der Waals surface area contributed by atoms with Crippen LogP contribution in [0.3, 0.4) is 0 Å². The molecule has 202 valence electrons. The molecule has 3 aromatic rings. The largest absolute Gasteiger partial charge is 0.390 e. The number of hydrogen-bond acceptors (Lipinski definition) is 11. The first-order valence-corrected chi connectivity index (χ1v) is 13.6. The molecule has 0 aromatic carbocycles. The van der Waals surface area contributed by atoms with E-state index >= 15 is 0 Å². The van der Waals surface area contributed by atoms with Crippen molar-refractivity contribution in [3.8, 4) is 10.6 Å². The fraction of sp³-hybridized carbons (Fsp3) is 0.615. The topological polar surface area (TPSA) is 146 Å². The smallest absolute Gasteiger partial charge is 0.225 e. The van der Waals surface area contributed by atoms with E-state index in [1.54, 1.807) is 13.3 Å². The van der Waals surface area contributed by atoms with Gasteiger partial charge in [-0.1, -0.05) is 13.8 Å². The maximum Gasteiger partial charge on any atom is 0.225 e. The fourth-order valence-corrected chi connectivity index (χ4v) is 6.37. The van der Waals surface area contributed by atoms with Crippen molar-refractivity contribution in [1.29, 1.82) is 0 Å². The second-order valence-electron chi connectivity index (χ2n) is 10.0. The lowest BCUT2D eigenvalue weighted by atomic mass is 9.80. The highest BCUT2D eigenvalue weighted by atomic mass is 32.1. The van der Waals surface area contributed by atoms with Gasteiger partial charge in [0.25, 0.3) is 0 Å². The van der Waals surface area contributed by atoms with Crippen LogP contribution in [0.15, 0.2) is 12.3 Å². The number of methoxy groups -OCH3 is 1. The molecular formula is C26H38N6O4S. The summed E-state index contributed by atoms with van der Waals surface area (Å²) in [6.07, 6.45) is 1.04. The van der Waals surface area contributed by atoms with Crippen LogP contribution >= 0.6 is 11.3 Å². The zero-order valence-corrected chi connectivity index (χ0v) is 23.1. The minimum absolute atomic E-state index is 0.0216. The van der Waals surface area contributed by atoms with E-state index in [1.165, 1.54) is 11.3 Å². The van der Waals surface area contributed by atoms with E-state index in [2.05, 4.69) is 15.6 Å². The first-order chi connectivity index (χ1) is 17.6. The van der Waals surface area contributed by atoms with Gasteiger partial charge in [-0.25, -0.2) is 9.97 Å². The molecule has 4 rings (SSSR count). The van der Waals surface area contributed by atoms with E-state index in [-0.39, 0.29) is 6.04 Å². The predicted molar refractivity (Wildman–Crippen MR) is 146 cm³/mol. The Morgan fingerprint density at radius 1 is 1.14 bits per heavy atom. The van der Waals surface area contributed by atoms with Crippen molar-refractivity contribution in [2.45, 2.75) is 83.8 Å². The summed E-state index contributed by atoms with van der Waals surface area (Å²) < 4.78 is 6.25. The maximum absolute atomic E-state index is 11.1. The Morgan fingerprint density at radius 3 is 2.51 bits per heavy atom. The molecule has 1 aliphatic rings. The molecule has 0 unspecified atom stereocenters. The van der Waals surface area contributed by atoms with Gasteiger partial charge in [0.2, 0.25) is 5.95 Å². The van der Waals surface area contributed by atoms with Crippen LogP contribution in [0.4, 0.5) is 11.8 Å². The van der Waals surface area contributed by atoms with Crippen molar-refractivity contribution < 1.29 is 20.1 Å². The standard InChI is InChI=1S/C26H38N6O4S/c1-7-26(35,8-2)16-11-17(22(34)21(16)33)30-23-19(14(4)29-25(32-23)28-13(3)12-36-6)24-31-20-15(5)27-10-9-18(20)37-24/h9-10,13,16-17,21-22,33-35H,7-8,11-12H2,1-6H3,(H2,28,29,30,32)/t13-,16+,17-,21-,22+/m1/s1. The number of aromatic nitrogens is 4. The number of anilines is 2. The highest BCUT2D eigenvalue weighted by molar-refractivity contribution is 7.21. The Kier molecular flexibility index (Phi) is 8.29. The number of ether oxygens (including phenoxy) is 1. The summed E-state index contributed by atoms with van der Waals surface area (Å²) in [5.41, 5.74) is 2.07. The van der Waals surface area contributed by atoms with Gasteiger partial charge in [0.1, 0.15) is 22.4 Å².